The van der Waals surface area contributed by atoms with E-state index in [1.165, 1.54) is 18.4 Å². The number of aliphatic hydroxyl groups excluding tert-OH is 1. The zero-order chi connectivity index (χ0) is 46.3. The Bertz CT molecular complexity index is 2660. The van der Waals surface area contributed by atoms with Crippen LogP contribution in [-0.4, -0.2) is 88.0 Å². The largest absolute Gasteiger partial charge is 0.508 e. The zero-order valence-corrected chi connectivity index (χ0v) is 39.1. The molecule has 354 valence electrons. The summed E-state index contributed by atoms with van der Waals surface area (Å²) in [5, 5.41) is 56.2. The second-order valence-corrected chi connectivity index (χ2v) is 20.3. The number of H-pyrrole nitrogens is 1. The molecule has 0 radical (unpaired) electrons. The van der Waals surface area contributed by atoms with Gasteiger partial charge in [-0.25, -0.2) is 0 Å². The number of benzene rings is 4. The van der Waals surface area contributed by atoms with Crippen LogP contribution in [0.25, 0.3) is 22.0 Å². The van der Waals surface area contributed by atoms with E-state index in [9.17, 15) is 20.4 Å². The van der Waals surface area contributed by atoms with Crippen LogP contribution in [0.2, 0.25) is 0 Å². The van der Waals surface area contributed by atoms with Crippen LogP contribution in [0.15, 0.2) is 66.9 Å². The van der Waals surface area contributed by atoms with Crippen molar-refractivity contribution < 1.29 is 39.4 Å². The fraction of sp³-hybridized carbons (Fsp3) is 0.491. The Balaban J connectivity index is 1.15. The number of nitrogens with one attached hydrogen (secondary N) is 4. The van der Waals surface area contributed by atoms with E-state index in [-0.39, 0.29) is 43.5 Å². The number of ether oxygens (including phenoxy) is 4. The van der Waals surface area contributed by atoms with E-state index in [0.717, 1.165) is 74.9 Å². The van der Waals surface area contributed by atoms with Crippen LogP contribution in [0.4, 0.5) is 0 Å². The van der Waals surface area contributed by atoms with Gasteiger partial charge >= 0.3 is 0 Å². The zero-order valence-electron chi connectivity index (χ0n) is 39.1. The fourth-order valence-electron chi connectivity index (χ4n) is 11.7. The molecule has 1 aromatic heterocycles. The Kier molecular flexibility index (Phi) is 12.9. The van der Waals surface area contributed by atoms with E-state index >= 15 is 0 Å². The van der Waals surface area contributed by atoms with Gasteiger partial charge in [-0.1, -0.05) is 56.7 Å². The molecule has 8 N–H and O–H groups in total. The van der Waals surface area contributed by atoms with Crippen LogP contribution in [0.5, 0.6) is 28.7 Å². The molecule has 4 aromatic carbocycles. The van der Waals surface area contributed by atoms with Gasteiger partial charge in [-0.15, -0.1) is 0 Å². The molecule has 1 saturated carbocycles. The smallest absolute Gasteiger partial charge is 0.161 e. The standard InChI is InChI=1S/C55H66N4O8/c1-33(2)27-54(3,63)30-56-31-58-49-10-6-7-21-64-48-25-36(12-18-47(48)62)53-55(49,65-32-59-38-8-4-5-9-38)28-45-44-24-37(23-34-11-17-46-35(22-34)19-20-57-46)43-26-39(61)13-15-41(43)50(44)52-42(51(45)67-53)16-14-40(29-60)66-52/h11-13,15,17-20,22,25-26,33,37-38,40,49,53,56-63H,4-5,7-9,14,16,21,23-24,27-32H2,1-3H3/t37-,40+,49-,53+,54+,55-/m0/s1. The molecule has 3 aliphatic heterocycles. The van der Waals surface area contributed by atoms with Crippen molar-refractivity contribution in [2.45, 2.75) is 133 Å². The molecular formula is C55H66N4O8. The average molecular weight is 911 g/mol. The number of rotatable bonds is 14. The summed E-state index contributed by atoms with van der Waals surface area (Å²) < 4.78 is 28.1. The first-order valence-electron chi connectivity index (χ1n) is 24.5. The lowest BCUT2D eigenvalue weighted by molar-refractivity contribution is -0.143. The van der Waals surface area contributed by atoms with E-state index in [0.29, 0.717) is 75.2 Å². The first-order chi connectivity index (χ1) is 32.5. The highest BCUT2D eigenvalue weighted by Gasteiger charge is 2.54. The number of phenolic OH excluding ortho intramolecular Hbond substituents is 2. The molecule has 6 atom stereocenters. The molecule has 10 rings (SSSR count). The number of hydrogen-bond acceptors (Lipinski definition) is 11. The predicted molar refractivity (Wildman–Crippen MR) is 259 cm³/mol. The molecule has 0 spiro atoms. The maximum absolute atomic E-state index is 11.3. The molecule has 12 nitrogen and oxygen atoms in total. The predicted octanol–water partition coefficient (Wildman–Crippen LogP) is 7.82. The number of aromatic hydroxyl groups is 2. The normalized spacial score (nSPS) is 24.0. The minimum atomic E-state index is -1.15. The summed E-state index contributed by atoms with van der Waals surface area (Å²) in [7, 11) is 0. The molecule has 2 bridgehead atoms. The van der Waals surface area contributed by atoms with Crippen molar-refractivity contribution in [1.29, 1.82) is 0 Å². The van der Waals surface area contributed by atoms with Gasteiger partial charge in [0, 0.05) is 60.5 Å². The van der Waals surface area contributed by atoms with Crippen molar-refractivity contribution in [1.82, 2.24) is 20.9 Å². The van der Waals surface area contributed by atoms with E-state index in [1.807, 2.05) is 37.4 Å². The molecule has 5 aromatic rings. The molecule has 12 heteroatoms. The Labute approximate surface area is 393 Å². The van der Waals surface area contributed by atoms with Gasteiger partial charge in [0.25, 0.3) is 0 Å². The second-order valence-electron chi connectivity index (χ2n) is 20.3. The van der Waals surface area contributed by atoms with Crippen molar-refractivity contribution in [3.63, 3.8) is 0 Å². The summed E-state index contributed by atoms with van der Waals surface area (Å²) in [6.07, 6.45) is 9.46. The van der Waals surface area contributed by atoms with Crippen molar-refractivity contribution in [2.24, 2.45) is 5.92 Å². The van der Waals surface area contributed by atoms with Gasteiger partial charge in [0.2, 0.25) is 0 Å². The minimum absolute atomic E-state index is 0.00935. The van der Waals surface area contributed by atoms with Gasteiger partial charge in [-0.3, -0.25) is 10.6 Å². The lowest BCUT2D eigenvalue weighted by atomic mass is 9.69. The van der Waals surface area contributed by atoms with E-state index in [4.69, 9.17) is 18.9 Å². The van der Waals surface area contributed by atoms with Crippen molar-refractivity contribution in [3.8, 4) is 51.7 Å². The molecule has 5 aliphatic rings. The molecule has 1 fully saturated rings. The van der Waals surface area contributed by atoms with Crippen LogP contribution in [0, 0.1) is 17.8 Å². The number of aromatic nitrogens is 1. The molecular weight excluding hydrogens is 845 g/mol. The summed E-state index contributed by atoms with van der Waals surface area (Å²) in [5.74, 6) is 9.45. The number of aliphatic hydroxyl groups is 2. The lowest BCUT2D eigenvalue weighted by Gasteiger charge is -2.49. The lowest BCUT2D eigenvalue weighted by Crippen LogP contribution is -2.62. The van der Waals surface area contributed by atoms with Gasteiger partial charge in [0.1, 0.15) is 35.0 Å². The fourth-order valence-corrected chi connectivity index (χ4v) is 11.7. The van der Waals surface area contributed by atoms with Gasteiger partial charge in [-0.2, -0.15) is 0 Å². The van der Waals surface area contributed by atoms with Crippen molar-refractivity contribution in [2.75, 3.05) is 33.2 Å². The highest BCUT2D eigenvalue weighted by molar-refractivity contribution is 5.85. The van der Waals surface area contributed by atoms with Crippen LogP contribution >= 0.6 is 0 Å². The third kappa shape index (κ3) is 9.22. The first-order valence-corrected chi connectivity index (χ1v) is 24.5. The third-order valence-corrected chi connectivity index (χ3v) is 14.7. The van der Waals surface area contributed by atoms with Crippen LogP contribution < -0.4 is 30.2 Å². The van der Waals surface area contributed by atoms with Gasteiger partial charge in [0.15, 0.2) is 17.6 Å². The Morgan fingerprint density at radius 3 is 2.66 bits per heavy atom. The minimum Gasteiger partial charge on any atom is -0.508 e. The Hall–Kier alpha value is -5.26. The van der Waals surface area contributed by atoms with Crippen LogP contribution in [-0.2, 0) is 30.4 Å². The number of hydrogen-bond donors (Lipinski definition) is 8. The monoisotopic (exact) mass is 910 g/mol. The van der Waals surface area contributed by atoms with Gasteiger partial charge in [-0.05, 0) is 139 Å². The van der Waals surface area contributed by atoms with Crippen LogP contribution in [0.3, 0.4) is 0 Å². The van der Waals surface area contributed by atoms with E-state index in [1.54, 1.807) is 12.1 Å². The maximum atomic E-state index is 11.3. The SMILES string of the molecule is CC(C)C[C@@](C)(O)CNCN[C@H]1C#CCCOc2cc(ccc2O)[C@H]2Oc3c(c4c(c5c3CC[C@H](CO)O5)-c3ccc(O)cc3[C@@H](Cc3ccc5[nH]ccc5c3)C4)C[C@]12OCNC1CCCC1. The molecule has 0 unspecified atom stereocenters. The number of phenols is 2. The highest BCUT2D eigenvalue weighted by atomic mass is 16.6. The number of aromatic amines is 1. The topological polar surface area (TPSA) is 170 Å². The average Bonchev–Trinajstić information content (AvgIpc) is 4.01. The number of fused-ring (bicyclic) bond motifs is 13. The molecule has 67 heavy (non-hydrogen) atoms. The maximum Gasteiger partial charge on any atom is 0.161 e. The van der Waals surface area contributed by atoms with Gasteiger partial charge < -0.3 is 49.7 Å². The first kappa shape index (κ1) is 45.5. The van der Waals surface area contributed by atoms with E-state index < -0.39 is 23.3 Å². The van der Waals surface area contributed by atoms with Crippen molar-refractivity contribution in [3.05, 3.63) is 100 Å². The summed E-state index contributed by atoms with van der Waals surface area (Å²) in [6.45, 7) is 7.26. The molecule has 0 saturated heterocycles. The highest BCUT2D eigenvalue weighted by Crippen LogP contribution is 2.58. The Morgan fingerprint density at radius 1 is 0.955 bits per heavy atom. The molecule has 2 aliphatic carbocycles. The second kappa shape index (κ2) is 19.0. The summed E-state index contributed by atoms with van der Waals surface area (Å²) in [4.78, 5) is 3.33. The Morgan fingerprint density at radius 2 is 1.82 bits per heavy atom. The van der Waals surface area contributed by atoms with Crippen LogP contribution in [0.1, 0.15) is 111 Å². The summed E-state index contributed by atoms with van der Waals surface area (Å²) in [6, 6.07) is 19.6. The summed E-state index contributed by atoms with van der Waals surface area (Å²) in [5.41, 5.74) is 7.10. The van der Waals surface area contributed by atoms with Gasteiger partial charge in [0.05, 0.1) is 25.5 Å². The molecule has 0 amide bonds. The van der Waals surface area contributed by atoms with E-state index in [2.05, 4.69) is 70.9 Å². The van der Waals surface area contributed by atoms with Crippen molar-refractivity contribution >= 4 is 10.9 Å². The quantitative estimate of drug-likeness (QED) is 0.0311. The third-order valence-electron chi connectivity index (χ3n) is 14.7. The molecule has 4 heterocycles. The summed E-state index contributed by atoms with van der Waals surface area (Å²) >= 11 is 0.